The SMILES string of the molecule is CCOC(=O)C1Cc2cccnc2C(C)C1. The van der Waals surface area contributed by atoms with Gasteiger partial charge in [-0.1, -0.05) is 13.0 Å². The predicted octanol–water partition coefficient (Wildman–Crippen LogP) is 2.31. The second kappa shape index (κ2) is 4.64. The van der Waals surface area contributed by atoms with E-state index in [-0.39, 0.29) is 11.9 Å². The van der Waals surface area contributed by atoms with Gasteiger partial charge in [0, 0.05) is 11.9 Å². The van der Waals surface area contributed by atoms with Crippen LogP contribution in [0.5, 0.6) is 0 Å². The molecule has 2 atom stereocenters. The van der Waals surface area contributed by atoms with Crippen LogP contribution >= 0.6 is 0 Å². The van der Waals surface area contributed by atoms with E-state index in [2.05, 4.69) is 18.0 Å². The van der Waals surface area contributed by atoms with Gasteiger partial charge in [0.15, 0.2) is 0 Å². The maximum absolute atomic E-state index is 11.7. The number of esters is 1. The zero-order valence-corrected chi connectivity index (χ0v) is 9.77. The van der Waals surface area contributed by atoms with E-state index in [1.54, 1.807) is 0 Å². The lowest BCUT2D eigenvalue weighted by Gasteiger charge is -2.26. The first-order valence-electron chi connectivity index (χ1n) is 5.82. The number of hydrogen-bond acceptors (Lipinski definition) is 3. The maximum atomic E-state index is 11.7. The molecule has 1 aromatic heterocycles. The Morgan fingerprint density at radius 3 is 3.19 bits per heavy atom. The fraction of sp³-hybridized carbons (Fsp3) is 0.538. The van der Waals surface area contributed by atoms with Crippen molar-refractivity contribution in [2.75, 3.05) is 6.61 Å². The molecule has 0 aromatic carbocycles. The molecule has 0 aliphatic heterocycles. The smallest absolute Gasteiger partial charge is 0.309 e. The van der Waals surface area contributed by atoms with Crippen LogP contribution in [0.25, 0.3) is 0 Å². The molecule has 0 spiro atoms. The van der Waals surface area contributed by atoms with Gasteiger partial charge in [-0.25, -0.2) is 0 Å². The molecule has 2 unspecified atom stereocenters. The molecular weight excluding hydrogens is 202 g/mol. The minimum atomic E-state index is -0.0659. The van der Waals surface area contributed by atoms with Crippen molar-refractivity contribution in [2.24, 2.45) is 5.92 Å². The van der Waals surface area contributed by atoms with Crippen molar-refractivity contribution in [3.63, 3.8) is 0 Å². The molecule has 16 heavy (non-hydrogen) atoms. The number of pyridine rings is 1. The molecule has 0 saturated heterocycles. The van der Waals surface area contributed by atoms with Gasteiger partial charge in [0.25, 0.3) is 0 Å². The normalized spacial score (nSPS) is 23.6. The number of carbonyl (C=O) groups is 1. The van der Waals surface area contributed by atoms with Crippen molar-refractivity contribution in [1.82, 2.24) is 4.98 Å². The van der Waals surface area contributed by atoms with Crippen molar-refractivity contribution >= 4 is 5.97 Å². The third-order valence-corrected chi connectivity index (χ3v) is 3.12. The van der Waals surface area contributed by atoms with Gasteiger partial charge in [-0.2, -0.15) is 0 Å². The molecule has 0 bridgehead atoms. The first kappa shape index (κ1) is 11.1. The van der Waals surface area contributed by atoms with Gasteiger partial charge in [0.1, 0.15) is 0 Å². The minimum Gasteiger partial charge on any atom is -0.466 e. The van der Waals surface area contributed by atoms with Gasteiger partial charge in [0.2, 0.25) is 0 Å². The second-order valence-electron chi connectivity index (χ2n) is 4.34. The first-order valence-corrected chi connectivity index (χ1v) is 5.82. The van der Waals surface area contributed by atoms with Crippen LogP contribution in [-0.2, 0) is 16.0 Å². The van der Waals surface area contributed by atoms with Gasteiger partial charge < -0.3 is 4.74 Å². The summed E-state index contributed by atoms with van der Waals surface area (Å²) in [6.07, 6.45) is 3.44. The fourth-order valence-electron chi connectivity index (χ4n) is 2.39. The van der Waals surface area contributed by atoms with Crippen LogP contribution in [0.4, 0.5) is 0 Å². The number of nitrogens with zero attached hydrogens (tertiary/aromatic N) is 1. The summed E-state index contributed by atoms with van der Waals surface area (Å²) in [7, 11) is 0. The molecule has 3 nitrogen and oxygen atoms in total. The summed E-state index contributed by atoms with van der Waals surface area (Å²) in [6, 6.07) is 3.99. The van der Waals surface area contributed by atoms with Crippen molar-refractivity contribution in [1.29, 1.82) is 0 Å². The topological polar surface area (TPSA) is 39.2 Å². The zero-order chi connectivity index (χ0) is 11.5. The predicted molar refractivity (Wildman–Crippen MR) is 61.1 cm³/mol. The largest absolute Gasteiger partial charge is 0.466 e. The molecule has 1 heterocycles. The Hall–Kier alpha value is -1.38. The molecule has 0 fully saturated rings. The number of carbonyl (C=O) groups excluding carboxylic acids is 1. The van der Waals surface area contributed by atoms with Gasteiger partial charge in [-0.15, -0.1) is 0 Å². The van der Waals surface area contributed by atoms with Crippen LogP contribution < -0.4 is 0 Å². The lowest BCUT2D eigenvalue weighted by Crippen LogP contribution is -2.26. The van der Waals surface area contributed by atoms with Crippen LogP contribution in [0.3, 0.4) is 0 Å². The molecule has 1 aliphatic rings. The fourth-order valence-corrected chi connectivity index (χ4v) is 2.39. The van der Waals surface area contributed by atoms with Crippen molar-refractivity contribution in [2.45, 2.75) is 32.6 Å². The van der Waals surface area contributed by atoms with Crippen LogP contribution in [-0.4, -0.2) is 17.6 Å². The highest BCUT2D eigenvalue weighted by molar-refractivity contribution is 5.73. The molecule has 2 rings (SSSR count). The van der Waals surface area contributed by atoms with Crippen molar-refractivity contribution in [3.05, 3.63) is 29.6 Å². The van der Waals surface area contributed by atoms with E-state index in [0.29, 0.717) is 12.5 Å². The lowest BCUT2D eigenvalue weighted by atomic mass is 9.80. The summed E-state index contributed by atoms with van der Waals surface area (Å²) in [4.78, 5) is 16.1. The Morgan fingerprint density at radius 1 is 1.62 bits per heavy atom. The number of rotatable bonds is 2. The molecule has 0 saturated carbocycles. The number of aromatic nitrogens is 1. The Labute approximate surface area is 95.8 Å². The molecule has 1 aliphatic carbocycles. The molecule has 3 heteroatoms. The molecule has 1 aromatic rings. The Balaban J connectivity index is 2.18. The maximum Gasteiger partial charge on any atom is 0.309 e. The summed E-state index contributed by atoms with van der Waals surface area (Å²) >= 11 is 0. The van der Waals surface area contributed by atoms with E-state index in [4.69, 9.17) is 4.74 Å². The van der Waals surface area contributed by atoms with Crippen molar-refractivity contribution in [3.8, 4) is 0 Å². The standard InChI is InChI=1S/C13H17NO2/c1-3-16-13(15)11-7-9(2)12-10(8-11)5-4-6-14-12/h4-6,9,11H,3,7-8H2,1-2H3. The summed E-state index contributed by atoms with van der Waals surface area (Å²) in [5, 5.41) is 0. The van der Waals surface area contributed by atoms with Crippen LogP contribution in [0, 0.1) is 5.92 Å². The van der Waals surface area contributed by atoms with Crippen molar-refractivity contribution < 1.29 is 9.53 Å². The molecule has 0 N–H and O–H groups in total. The number of ether oxygens (including phenoxy) is 1. The summed E-state index contributed by atoms with van der Waals surface area (Å²) in [5.41, 5.74) is 2.34. The Kier molecular flexibility index (Phi) is 3.22. The summed E-state index contributed by atoms with van der Waals surface area (Å²) in [6.45, 7) is 4.43. The van der Waals surface area contributed by atoms with E-state index >= 15 is 0 Å². The Morgan fingerprint density at radius 2 is 2.44 bits per heavy atom. The van der Waals surface area contributed by atoms with E-state index in [1.807, 2.05) is 19.2 Å². The molecule has 0 amide bonds. The van der Waals surface area contributed by atoms with Crippen LogP contribution in [0.15, 0.2) is 18.3 Å². The average molecular weight is 219 g/mol. The highest BCUT2D eigenvalue weighted by Crippen LogP contribution is 2.33. The number of fused-ring (bicyclic) bond motifs is 1. The zero-order valence-electron chi connectivity index (χ0n) is 9.77. The lowest BCUT2D eigenvalue weighted by molar-refractivity contribution is -0.148. The van der Waals surface area contributed by atoms with Gasteiger partial charge in [0.05, 0.1) is 12.5 Å². The molecule has 0 radical (unpaired) electrons. The van der Waals surface area contributed by atoms with E-state index in [9.17, 15) is 4.79 Å². The molecular formula is C13H17NO2. The van der Waals surface area contributed by atoms with E-state index < -0.39 is 0 Å². The van der Waals surface area contributed by atoms with E-state index in [1.165, 1.54) is 5.56 Å². The Bertz CT molecular complexity index is 389. The quantitative estimate of drug-likeness (QED) is 0.716. The van der Waals surface area contributed by atoms with E-state index in [0.717, 1.165) is 18.5 Å². The van der Waals surface area contributed by atoms with Gasteiger partial charge in [-0.05, 0) is 37.3 Å². The van der Waals surface area contributed by atoms with Gasteiger partial charge in [-0.3, -0.25) is 9.78 Å². The third-order valence-electron chi connectivity index (χ3n) is 3.12. The monoisotopic (exact) mass is 219 g/mol. The van der Waals surface area contributed by atoms with Gasteiger partial charge >= 0.3 is 5.97 Å². The first-order chi connectivity index (χ1) is 7.72. The van der Waals surface area contributed by atoms with Crippen LogP contribution in [0.2, 0.25) is 0 Å². The second-order valence-corrected chi connectivity index (χ2v) is 4.34. The highest BCUT2D eigenvalue weighted by atomic mass is 16.5. The average Bonchev–Trinajstić information content (AvgIpc) is 2.29. The number of hydrogen-bond donors (Lipinski definition) is 0. The third kappa shape index (κ3) is 2.08. The highest BCUT2D eigenvalue weighted by Gasteiger charge is 2.30. The summed E-state index contributed by atoms with van der Waals surface area (Å²) < 4.78 is 5.09. The summed E-state index contributed by atoms with van der Waals surface area (Å²) in [5.74, 6) is 0.287. The van der Waals surface area contributed by atoms with Crippen LogP contribution in [0.1, 0.15) is 37.4 Å². The minimum absolute atomic E-state index is 0.00616. The molecule has 86 valence electrons.